The highest BCUT2D eigenvalue weighted by Gasteiger charge is 2.25. The molecule has 1 atom stereocenters. The van der Waals surface area contributed by atoms with Gasteiger partial charge in [0.25, 0.3) is 0 Å². The van der Waals surface area contributed by atoms with Crippen LogP contribution in [-0.4, -0.2) is 29.1 Å². The second-order valence-electron chi connectivity index (χ2n) is 4.31. The third-order valence-corrected chi connectivity index (χ3v) is 2.64. The van der Waals surface area contributed by atoms with Crippen LogP contribution in [0.3, 0.4) is 0 Å². The molecule has 3 heteroatoms. The van der Waals surface area contributed by atoms with Gasteiger partial charge in [0.05, 0.1) is 17.5 Å². The van der Waals surface area contributed by atoms with Gasteiger partial charge in [0.1, 0.15) is 0 Å². The van der Waals surface area contributed by atoms with Crippen LogP contribution in [-0.2, 0) is 0 Å². The molecule has 0 spiro atoms. The molecule has 3 nitrogen and oxygen atoms in total. The zero-order valence-electron chi connectivity index (χ0n) is 8.80. The number of hydrogen-bond acceptors (Lipinski definition) is 3. The van der Waals surface area contributed by atoms with E-state index in [1.165, 1.54) is 12.8 Å². The van der Waals surface area contributed by atoms with E-state index in [9.17, 15) is 5.11 Å². The van der Waals surface area contributed by atoms with Crippen molar-refractivity contribution in [3.63, 3.8) is 0 Å². The molecule has 0 bridgehead atoms. The topological polar surface area (TPSA) is 44.6 Å². The Morgan fingerprint density at radius 2 is 2.15 bits per heavy atom. The number of nitrogens with zero attached hydrogens (tertiary/aromatic N) is 1. The van der Waals surface area contributed by atoms with Crippen LogP contribution in [0.25, 0.3) is 0 Å². The standard InChI is InChI=1S/C10H20N2O/c1-8(13)10(2,3)12-9-6-4-5-7-11-9/h8,13H,4-7H2,1-3H3,(H,11,12). The van der Waals surface area contributed by atoms with Gasteiger partial charge in [-0.1, -0.05) is 0 Å². The van der Waals surface area contributed by atoms with E-state index in [1.807, 2.05) is 13.8 Å². The zero-order valence-corrected chi connectivity index (χ0v) is 8.80. The van der Waals surface area contributed by atoms with Gasteiger partial charge in [-0.3, -0.25) is 4.99 Å². The van der Waals surface area contributed by atoms with Gasteiger partial charge in [-0.15, -0.1) is 0 Å². The first kappa shape index (κ1) is 10.5. The molecule has 76 valence electrons. The second kappa shape index (κ2) is 4.09. The second-order valence-corrected chi connectivity index (χ2v) is 4.31. The minimum Gasteiger partial charge on any atom is -0.391 e. The Balaban J connectivity index is 2.51. The maximum Gasteiger partial charge on any atom is 0.0968 e. The van der Waals surface area contributed by atoms with E-state index in [-0.39, 0.29) is 11.6 Å². The maximum absolute atomic E-state index is 9.49. The summed E-state index contributed by atoms with van der Waals surface area (Å²) in [6.07, 6.45) is 3.06. The van der Waals surface area contributed by atoms with Crippen LogP contribution in [0.15, 0.2) is 4.99 Å². The van der Waals surface area contributed by atoms with Crippen LogP contribution in [0, 0.1) is 0 Å². The van der Waals surface area contributed by atoms with E-state index in [4.69, 9.17) is 0 Å². The summed E-state index contributed by atoms with van der Waals surface area (Å²) >= 11 is 0. The fourth-order valence-corrected chi connectivity index (χ4v) is 1.28. The van der Waals surface area contributed by atoms with Gasteiger partial charge >= 0.3 is 0 Å². The first-order valence-corrected chi connectivity index (χ1v) is 5.02. The summed E-state index contributed by atoms with van der Waals surface area (Å²) in [4.78, 5) is 4.39. The van der Waals surface area contributed by atoms with Gasteiger partial charge in [-0.25, -0.2) is 0 Å². The van der Waals surface area contributed by atoms with E-state index in [1.54, 1.807) is 6.92 Å². The SMILES string of the molecule is CC(O)C(C)(C)NC1=NCCCC1. The molecule has 1 aliphatic heterocycles. The maximum atomic E-state index is 9.49. The lowest BCUT2D eigenvalue weighted by Crippen LogP contribution is -2.51. The summed E-state index contributed by atoms with van der Waals surface area (Å²) in [5.41, 5.74) is -0.268. The average molecular weight is 184 g/mol. The molecule has 13 heavy (non-hydrogen) atoms. The van der Waals surface area contributed by atoms with Gasteiger partial charge in [0, 0.05) is 13.0 Å². The number of aliphatic hydroxyl groups is 1. The molecule has 1 heterocycles. The van der Waals surface area contributed by atoms with E-state index in [2.05, 4.69) is 10.3 Å². The Bertz CT molecular complexity index is 197. The quantitative estimate of drug-likeness (QED) is 0.679. The largest absolute Gasteiger partial charge is 0.391 e. The number of rotatable bonds is 2. The first-order valence-electron chi connectivity index (χ1n) is 5.02. The molecule has 0 aromatic rings. The summed E-state index contributed by atoms with van der Waals surface area (Å²) in [7, 11) is 0. The van der Waals surface area contributed by atoms with Crippen molar-refractivity contribution in [2.24, 2.45) is 4.99 Å². The van der Waals surface area contributed by atoms with Gasteiger partial charge in [-0.2, -0.15) is 0 Å². The van der Waals surface area contributed by atoms with Crippen molar-refractivity contribution < 1.29 is 5.11 Å². The molecule has 0 aromatic heterocycles. The normalized spacial score (nSPS) is 20.8. The summed E-state index contributed by atoms with van der Waals surface area (Å²) in [6, 6.07) is 0. The van der Waals surface area contributed by atoms with Gasteiger partial charge in [-0.05, 0) is 33.6 Å². The van der Waals surface area contributed by atoms with Gasteiger partial charge in [0.2, 0.25) is 0 Å². The van der Waals surface area contributed by atoms with Crippen molar-refractivity contribution in [2.45, 2.75) is 51.7 Å². The molecule has 0 fully saturated rings. The van der Waals surface area contributed by atoms with E-state index >= 15 is 0 Å². The molecule has 0 radical (unpaired) electrons. The van der Waals surface area contributed by atoms with E-state index in [0.29, 0.717) is 0 Å². The van der Waals surface area contributed by atoms with Crippen LogP contribution in [0.2, 0.25) is 0 Å². The predicted octanol–water partition coefficient (Wildman–Crippen LogP) is 1.32. The number of aliphatic imine (C=N–C) groups is 1. The van der Waals surface area contributed by atoms with E-state index < -0.39 is 0 Å². The minimum absolute atomic E-state index is 0.268. The molecule has 1 rings (SSSR count). The first-order chi connectivity index (χ1) is 6.02. The van der Waals surface area contributed by atoms with Crippen molar-refractivity contribution in [3.8, 4) is 0 Å². The lowest BCUT2D eigenvalue weighted by atomic mass is 9.98. The van der Waals surface area contributed by atoms with Crippen LogP contribution in [0.5, 0.6) is 0 Å². The monoisotopic (exact) mass is 184 g/mol. The molecule has 0 amide bonds. The van der Waals surface area contributed by atoms with Crippen molar-refractivity contribution in [1.29, 1.82) is 0 Å². The molecule has 1 unspecified atom stereocenters. The highest BCUT2D eigenvalue weighted by atomic mass is 16.3. The highest BCUT2D eigenvalue weighted by Crippen LogP contribution is 2.12. The summed E-state index contributed by atoms with van der Waals surface area (Å²) < 4.78 is 0. The molecule has 0 saturated heterocycles. The summed E-state index contributed by atoms with van der Waals surface area (Å²) in [5.74, 6) is 1.05. The van der Waals surface area contributed by atoms with E-state index in [0.717, 1.165) is 18.8 Å². The van der Waals surface area contributed by atoms with Crippen LogP contribution in [0.1, 0.15) is 40.0 Å². The van der Waals surface area contributed by atoms with Crippen LogP contribution in [0.4, 0.5) is 0 Å². The fraction of sp³-hybridized carbons (Fsp3) is 0.900. The number of hydrogen-bond donors (Lipinski definition) is 2. The molecular formula is C10H20N2O. The number of aliphatic hydroxyl groups excluding tert-OH is 1. The number of amidine groups is 1. The molecule has 0 aliphatic carbocycles. The Kier molecular flexibility index (Phi) is 3.31. The Morgan fingerprint density at radius 1 is 1.46 bits per heavy atom. The lowest BCUT2D eigenvalue weighted by Gasteiger charge is -2.32. The van der Waals surface area contributed by atoms with Crippen molar-refractivity contribution in [3.05, 3.63) is 0 Å². The minimum atomic E-state index is -0.364. The van der Waals surface area contributed by atoms with Crippen molar-refractivity contribution in [2.75, 3.05) is 6.54 Å². The predicted molar refractivity (Wildman–Crippen MR) is 55.0 cm³/mol. The molecule has 0 aromatic carbocycles. The molecule has 1 aliphatic rings. The molecular weight excluding hydrogens is 164 g/mol. The van der Waals surface area contributed by atoms with Crippen LogP contribution >= 0.6 is 0 Å². The Labute approximate surface area is 80.3 Å². The van der Waals surface area contributed by atoms with Crippen molar-refractivity contribution in [1.82, 2.24) is 5.32 Å². The third-order valence-electron chi connectivity index (χ3n) is 2.64. The Hall–Kier alpha value is -0.570. The average Bonchev–Trinajstić information content (AvgIpc) is 2.05. The summed E-state index contributed by atoms with van der Waals surface area (Å²) in [5, 5.41) is 12.8. The third kappa shape index (κ3) is 2.99. The Morgan fingerprint density at radius 3 is 2.62 bits per heavy atom. The zero-order chi connectivity index (χ0) is 9.90. The smallest absolute Gasteiger partial charge is 0.0968 e. The van der Waals surface area contributed by atoms with Gasteiger partial charge < -0.3 is 10.4 Å². The lowest BCUT2D eigenvalue weighted by molar-refractivity contribution is 0.109. The molecule has 2 N–H and O–H groups in total. The van der Waals surface area contributed by atoms with Crippen molar-refractivity contribution >= 4 is 5.84 Å². The van der Waals surface area contributed by atoms with Gasteiger partial charge in [0.15, 0.2) is 0 Å². The fourth-order valence-electron chi connectivity index (χ4n) is 1.28. The summed E-state index contributed by atoms with van der Waals surface area (Å²) in [6.45, 7) is 6.72. The highest BCUT2D eigenvalue weighted by molar-refractivity contribution is 5.83. The molecule has 0 saturated carbocycles. The van der Waals surface area contributed by atoms with Crippen LogP contribution < -0.4 is 5.32 Å². The number of nitrogens with one attached hydrogen (secondary N) is 1.